The number of fused-ring (bicyclic) bond motifs is 1. The van der Waals surface area contributed by atoms with E-state index in [1.807, 2.05) is 13.0 Å². The molecule has 17 heavy (non-hydrogen) atoms. The molecule has 1 aliphatic carbocycles. The lowest BCUT2D eigenvalue weighted by Gasteiger charge is -2.16. The number of Topliss-reactive ketones (excluding diaryl/α,β-unsaturated/α-hetero) is 1. The van der Waals surface area contributed by atoms with Crippen LogP contribution in [0.1, 0.15) is 40.2 Å². The first-order valence-corrected chi connectivity index (χ1v) is 5.71. The van der Waals surface area contributed by atoms with E-state index in [-0.39, 0.29) is 18.2 Å². The van der Waals surface area contributed by atoms with Gasteiger partial charge in [0, 0.05) is 12.1 Å². The van der Waals surface area contributed by atoms with Crippen molar-refractivity contribution in [2.75, 3.05) is 7.11 Å². The van der Waals surface area contributed by atoms with Gasteiger partial charge < -0.3 is 4.74 Å². The average Bonchev–Trinajstić information content (AvgIpc) is 2.31. The number of hydrogen-bond acceptors (Lipinski definition) is 4. The molecule has 2 rings (SSSR count). The fraction of sp³-hybridized carbons (Fsp3) is 0.462. The third kappa shape index (κ3) is 2.35. The number of ether oxygens (including phenoxy) is 1. The lowest BCUT2D eigenvalue weighted by Crippen LogP contribution is -2.16. The van der Waals surface area contributed by atoms with Crippen LogP contribution in [0.15, 0.2) is 6.07 Å². The Labute approximate surface area is 100 Å². The maximum Gasteiger partial charge on any atom is 0.310 e. The van der Waals surface area contributed by atoms with E-state index in [0.717, 1.165) is 29.7 Å². The quantitative estimate of drug-likeness (QED) is 0.728. The molecule has 1 aromatic heterocycles. The Balaban J connectivity index is 2.36. The highest BCUT2D eigenvalue weighted by Gasteiger charge is 2.20. The summed E-state index contributed by atoms with van der Waals surface area (Å²) >= 11 is 0. The first kappa shape index (κ1) is 11.8. The number of aromatic nitrogens is 1. The molecule has 1 aliphatic rings. The van der Waals surface area contributed by atoms with E-state index in [1.54, 1.807) is 0 Å². The van der Waals surface area contributed by atoms with Crippen molar-refractivity contribution in [3.63, 3.8) is 0 Å². The van der Waals surface area contributed by atoms with Gasteiger partial charge in [0.05, 0.1) is 13.5 Å². The van der Waals surface area contributed by atoms with Crippen molar-refractivity contribution in [3.8, 4) is 0 Å². The molecule has 0 fully saturated rings. The molecule has 0 aliphatic heterocycles. The van der Waals surface area contributed by atoms with Crippen LogP contribution in [0.3, 0.4) is 0 Å². The SMILES string of the molecule is COC(=O)Cc1cc2c(nc1C)C(=O)CCC2. The molecule has 0 saturated heterocycles. The zero-order valence-electron chi connectivity index (χ0n) is 10.1. The fourth-order valence-corrected chi connectivity index (χ4v) is 2.09. The van der Waals surface area contributed by atoms with Crippen molar-refractivity contribution in [2.24, 2.45) is 0 Å². The molecule has 0 N–H and O–H groups in total. The van der Waals surface area contributed by atoms with E-state index in [9.17, 15) is 9.59 Å². The fourth-order valence-electron chi connectivity index (χ4n) is 2.09. The zero-order valence-corrected chi connectivity index (χ0v) is 10.1. The van der Waals surface area contributed by atoms with E-state index in [0.29, 0.717) is 12.1 Å². The molecule has 4 heteroatoms. The molecule has 1 aromatic rings. The summed E-state index contributed by atoms with van der Waals surface area (Å²) < 4.78 is 4.64. The molecule has 0 aromatic carbocycles. The van der Waals surface area contributed by atoms with E-state index in [1.165, 1.54) is 7.11 Å². The maximum atomic E-state index is 11.7. The Bertz CT molecular complexity index is 480. The minimum absolute atomic E-state index is 0.110. The Hall–Kier alpha value is -1.71. The second kappa shape index (κ2) is 4.65. The van der Waals surface area contributed by atoms with Gasteiger partial charge in [0.1, 0.15) is 5.69 Å². The molecule has 1 heterocycles. The number of hydrogen-bond donors (Lipinski definition) is 0. The first-order valence-electron chi connectivity index (χ1n) is 5.71. The zero-order chi connectivity index (χ0) is 12.4. The molecule has 90 valence electrons. The lowest BCUT2D eigenvalue weighted by atomic mass is 9.92. The summed E-state index contributed by atoms with van der Waals surface area (Å²) in [5.41, 5.74) is 3.14. The van der Waals surface area contributed by atoms with Gasteiger partial charge in [-0.3, -0.25) is 9.59 Å². The third-order valence-corrected chi connectivity index (χ3v) is 3.07. The number of methoxy groups -OCH3 is 1. The largest absolute Gasteiger partial charge is 0.469 e. The van der Waals surface area contributed by atoms with Crippen molar-refractivity contribution < 1.29 is 14.3 Å². The summed E-state index contributed by atoms with van der Waals surface area (Å²) in [6.45, 7) is 1.82. The van der Waals surface area contributed by atoms with Crippen molar-refractivity contribution in [3.05, 3.63) is 28.6 Å². The van der Waals surface area contributed by atoms with E-state index >= 15 is 0 Å². The summed E-state index contributed by atoms with van der Waals surface area (Å²) in [5.74, 6) is -0.170. The lowest BCUT2D eigenvalue weighted by molar-refractivity contribution is -0.139. The Kier molecular flexibility index (Phi) is 3.22. The minimum atomic E-state index is -0.281. The van der Waals surface area contributed by atoms with Crippen LogP contribution in [0.4, 0.5) is 0 Å². The smallest absolute Gasteiger partial charge is 0.310 e. The summed E-state index contributed by atoms with van der Waals surface area (Å²) in [7, 11) is 1.37. The van der Waals surface area contributed by atoms with Crippen LogP contribution >= 0.6 is 0 Å². The third-order valence-electron chi connectivity index (χ3n) is 3.07. The molecule has 4 nitrogen and oxygen atoms in total. The monoisotopic (exact) mass is 233 g/mol. The van der Waals surface area contributed by atoms with Crippen molar-refractivity contribution in [2.45, 2.75) is 32.6 Å². The van der Waals surface area contributed by atoms with Crippen LogP contribution in [0.2, 0.25) is 0 Å². The van der Waals surface area contributed by atoms with Crippen LogP contribution in [0.5, 0.6) is 0 Å². The normalized spacial score (nSPS) is 14.4. The molecule has 0 spiro atoms. The summed E-state index contributed by atoms with van der Waals surface area (Å²) in [6, 6.07) is 1.92. The van der Waals surface area contributed by atoms with Crippen LogP contribution < -0.4 is 0 Å². The highest BCUT2D eigenvalue weighted by Crippen LogP contribution is 2.22. The Morgan fingerprint density at radius 1 is 1.47 bits per heavy atom. The van der Waals surface area contributed by atoms with Gasteiger partial charge in [-0.15, -0.1) is 0 Å². The number of esters is 1. The molecular weight excluding hydrogens is 218 g/mol. The van der Waals surface area contributed by atoms with Gasteiger partial charge in [-0.1, -0.05) is 6.07 Å². The number of rotatable bonds is 2. The number of nitrogens with zero attached hydrogens (tertiary/aromatic N) is 1. The molecule has 0 atom stereocenters. The first-order chi connectivity index (χ1) is 8.11. The number of ketones is 1. The van der Waals surface area contributed by atoms with Crippen LogP contribution in [0, 0.1) is 6.92 Å². The van der Waals surface area contributed by atoms with Gasteiger partial charge in [0.15, 0.2) is 5.78 Å². The van der Waals surface area contributed by atoms with Gasteiger partial charge in [-0.05, 0) is 30.9 Å². The number of carbonyl (C=O) groups excluding carboxylic acids is 2. The number of aryl methyl sites for hydroxylation is 2. The topological polar surface area (TPSA) is 56.3 Å². The molecule has 0 bridgehead atoms. The van der Waals surface area contributed by atoms with Gasteiger partial charge in [-0.25, -0.2) is 4.98 Å². The van der Waals surface area contributed by atoms with E-state index in [2.05, 4.69) is 9.72 Å². The number of carbonyl (C=O) groups is 2. The molecule has 0 saturated carbocycles. The van der Waals surface area contributed by atoms with Crippen molar-refractivity contribution >= 4 is 11.8 Å². The minimum Gasteiger partial charge on any atom is -0.469 e. The molecule has 0 unspecified atom stereocenters. The van der Waals surface area contributed by atoms with Crippen molar-refractivity contribution in [1.29, 1.82) is 0 Å². The number of pyridine rings is 1. The van der Waals surface area contributed by atoms with Crippen molar-refractivity contribution in [1.82, 2.24) is 4.98 Å². The van der Waals surface area contributed by atoms with Gasteiger partial charge in [0.25, 0.3) is 0 Å². The predicted molar refractivity (Wildman–Crippen MR) is 62.0 cm³/mol. The van der Waals surface area contributed by atoms with Crippen LogP contribution in [-0.2, 0) is 22.4 Å². The highest BCUT2D eigenvalue weighted by atomic mass is 16.5. The van der Waals surface area contributed by atoms with Gasteiger partial charge in [0.2, 0.25) is 0 Å². The van der Waals surface area contributed by atoms with Crippen LogP contribution in [0.25, 0.3) is 0 Å². The Morgan fingerprint density at radius 3 is 2.94 bits per heavy atom. The second-order valence-corrected chi connectivity index (χ2v) is 4.27. The molecular formula is C13H15NO3. The summed E-state index contributed by atoms with van der Waals surface area (Å²) in [4.78, 5) is 27.2. The average molecular weight is 233 g/mol. The molecule has 0 amide bonds. The second-order valence-electron chi connectivity index (χ2n) is 4.27. The van der Waals surface area contributed by atoms with Crippen LogP contribution in [-0.4, -0.2) is 23.8 Å². The standard InChI is InChI=1S/C13H15NO3/c1-8-10(7-12(16)17-2)6-9-4-3-5-11(15)13(9)14-8/h6H,3-5,7H2,1-2H3. The van der Waals surface area contributed by atoms with Gasteiger partial charge in [-0.2, -0.15) is 0 Å². The highest BCUT2D eigenvalue weighted by molar-refractivity contribution is 5.96. The maximum absolute atomic E-state index is 11.7. The van der Waals surface area contributed by atoms with E-state index in [4.69, 9.17) is 0 Å². The summed E-state index contributed by atoms with van der Waals surface area (Å²) in [6.07, 6.45) is 2.53. The molecule has 0 radical (unpaired) electrons. The summed E-state index contributed by atoms with van der Waals surface area (Å²) in [5, 5.41) is 0. The van der Waals surface area contributed by atoms with E-state index < -0.39 is 0 Å². The van der Waals surface area contributed by atoms with Gasteiger partial charge >= 0.3 is 5.97 Å². The Morgan fingerprint density at radius 2 is 2.24 bits per heavy atom. The predicted octanol–water partition coefficient (Wildman–Crippen LogP) is 1.62.